The van der Waals surface area contributed by atoms with Crippen molar-refractivity contribution in [3.63, 3.8) is 0 Å². The summed E-state index contributed by atoms with van der Waals surface area (Å²) in [6.45, 7) is 0. The van der Waals surface area contributed by atoms with E-state index < -0.39 is 16.7 Å². The summed E-state index contributed by atoms with van der Waals surface area (Å²) in [4.78, 5) is 38.2. The van der Waals surface area contributed by atoms with Gasteiger partial charge in [0, 0.05) is 41.1 Å². The van der Waals surface area contributed by atoms with Gasteiger partial charge in [-0.15, -0.1) is 0 Å². The molecule has 1 heterocycles. The van der Waals surface area contributed by atoms with Gasteiger partial charge in [0.1, 0.15) is 0 Å². The van der Waals surface area contributed by atoms with Crippen LogP contribution in [0.1, 0.15) is 22.7 Å². The second kappa shape index (κ2) is 8.98. The summed E-state index contributed by atoms with van der Waals surface area (Å²) >= 11 is 5.85. The van der Waals surface area contributed by atoms with Crippen molar-refractivity contribution in [3.8, 4) is 11.3 Å². The molecule has 2 N–H and O–H groups in total. The zero-order chi connectivity index (χ0) is 20.8. The topological polar surface area (TPSA) is 127 Å². The van der Waals surface area contributed by atoms with Crippen LogP contribution in [0.4, 0.5) is 5.69 Å². The number of aryl methyl sites for hydroxylation is 1. The number of halogens is 1. The summed E-state index contributed by atoms with van der Waals surface area (Å²) in [6, 6.07) is 12.2. The minimum Gasteiger partial charge on any atom is -0.441 e. The molecular formula is C19H15ClN4O5. The van der Waals surface area contributed by atoms with Crippen LogP contribution in [-0.2, 0) is 11.2 Å². The highest BCUT2D eigenvalue weighted by molar-refractivity contribution is 6.30. The summed E-state index contributed by atoms with van der Waals surface area (Å²) in [6.07, 6.45) is 1.81. The Morgan fingerprint density at radius 3 is 2.62 bits per heavy atom. The van der Waals surface area contributed by atoms with Gasteiger partial charge in [-0.05, 0) is 30.3 Å². The Morgan fingerprint density at radius 2 is 1.90 bits per heavy atom. The quantitative estimate of drug-likeness (QED) is 0.470. The number of hydrazine groups is 1. The minimum atomic E-state index is -0.664. The zero-order valence-corrected chi connectivity index (χ0v) is 15.7. The van der Waals surface area contributed by atoms with Crippen LogP contribution in [0.3, 0.4) is 0 Å². The van der Waals surface area contributed by atoms with Crippen LogP contribution in [0.25, 0.3) is 11.3 Å². The second-order valence-corrected chi connectivity index (χ2v) is 6.37. The Hall–Kier alpha value is -3.72. The molecule has 0 aliphatic rings. The van der Waals surface area contributed by atoms with Gasteiger partial charge >= 0.3 is 0 Å². The molecule has 10 heteroatoms. The molecule has 1 aromatic heterocycles. The fourth-order valence-electron chi connectivity index (χ4n) is 2.42. The van der Waals surface area contributed by atoms with Crippen LogP contribution in [0.15, 0.2) is 59.1 Å². The lowest BCUT2D eigenvalue weighted by Gasteiger charge is -2.06. The number of nitro benzene ring substituents is 1. The van der Waals surface area contributed by atoms with Gasteiger partial charge in [-0.25, -0.2) is 4.98 Å². The standard InChI is InChI=1S/C19H15ClN4O5/c20-14-6-4-12(5-7-14)16-11-21-18(29-16)9-8-17(25)22-23-19(26)13-2-1-3-15(10-13)24(27)28/h1-7,10-11H,8-9H2,(H,22,25)(H,23,26). The largest absolute Gasteiger partial charge is 0.441 e. The average molecular weight is 415 g/mol. The predicted octanol–water partition coefficient (Wildman–Crippen LogP) is 3.30. The molecule has 2 aromatic carbocycles. The molecule has 0 unspecified atom stereocenters. The molecule has 0 aliphatic heterocycles. The fourth-order valence-corrected chi connectivity index (χ4v) is 2.54. The number of non-ortho nitro benzene ring substituents is 1. The molecule has 0 spiro atoms. The van der Waals surface area contributed by atoms with Crippen molar-refractivity contribution in [2.75, 3.05) is 0 Å². The maximum atomic E-state index is 12.0. The van der Waals surface area contributed by atoms with Crippen molar-refractivity contribution in [1.82, 2.24) is 15.8 Å². The summed E-state index contributed by atoms with van der Waals surface area (Å²) in [5.74, 6) is -0.204. The van der Waals surface area contributed by atoms with Gasteiger partial charge in [0.2, 0.25) is 5.91 Å². The molecule has 0 saturated carbocycles. The Kier molecular flexibility index (Phi) is 6.20. The average Bonchev–Trinajstić information content (AvgIpc) is 3.20. The number of carbonyl (C=O) groups excluding carboxylic acids is 2. The molecule has 29 heavy (non-hydrogen) atoms. The van der Waals surface area contributed by atoms with E-state index in [0.717, 1.165) is 11.6 Å². The molecule has 0 atom stereocenters. The van der Waals surface area contributed by atoms with E-state index >= 15 is 0 Å². The Bertz CT molecular complexity index is 1050. The van der Waals surface area contributed by atoms with Gasteiger partial charge in [0.25, 0.3) is 11.6 Å². The number of rotatable bonds is 6. The molecule has 0 aliphatic carbocycles. The van der Waals surface area contributed by atoms with Gasteiger partial charge in [-0.3, -0.25) is 30.6 Å². The molecule has 2 amide bonds. The third-order valence-electron chi connectivity index (χ3n) is 3.88. The first kappa shape index (κ1) is 20.0. The van der Waals surface area contributed by atoms with Crippen molar-refractivity contribution in [1.29, 1.82) is 0 Å². The minimum absolute atomic E-state index is 0.0236. The molecule has 0 bridgehead atoms. The normalized spacial score (nSPS) is 10.4. The summed E-state index contributed by atoms with van der Waals surface area (Å²) in [7, 11) is 0. The number of hydrogen-bond acceptors (Lipinski definition) is 6. The Labute approximate surface area is 169 Å². The molecular weight excluding hydrogens is 400 g/mol. The van der Waals surface area contributed by atoms with E-state index in [1.165, 1.54) is 18.2 Å². The predicted molar refractivity (Wildman–Crippen MR) is 104 cm³/mol. The third kappa shape index (κ3) is 5.39. The number of amides is 2. The van der Waals surface area contributed by atoms with Crippen LogP contribution in [0.5, 0.6) is 0 Å². The summed E-state index contributed by atoms with van der Waals surface area (Å²) in [5.41, 5.74) is 5.11. The number of oxazole rings is 1. The van der Waals surface area contributed by atoms with Gasteiger partial charge in [-0.1, -0.05) is 17.7 Å². The third-order valence-corrected chi connectivity index (χ3v) is 4.13. The van der Waals surface area contributed by atoms with Crippen molar-refractivity contribution in [3.05, 3.63) is 81.3 Å². The first-order valence-electron chi connectivity index (χ1n) is 8.46. The van der Waals surface area contributed by atoms with Gasteiger partial charge < -0.3 is 4.42 Å². The second-order valence-electron chi connectivity index (χ2n) is 5.93. The monoisotopic (exact) mass is 414 g/mol. The van der Waals surface area contributed by atoms with Crippen LogP contribution >= 0.6 is 11.6 Å². The van der Waals surface area contributed by atoms with E-state index in [9.17, 15) is 19.7 Å². The van der Waals surface area contributed by atoms with Crippen molar-refractivity contribution in [2.45, 2.75) is 12.8 Å². The number of nitrogens with one attached hydrogen (secondary N) is 2. The smallest absolute Gasteiger partial charge is 0.270 e. The van der Waals surface area contributed by atoms with E-state index in [-0.39, 0.29) is 24.1 Å². The first-order valence-corrected chi connectivity index (χ1v) is 8.84. The van der Waals surface area contributed by atoms with Gasteiger partial charge in [0.15, 0.2) is 11.7 Å². The number of aromatic nitrogens is 1. The zero-order valence-electron chi connectivity index (χ0n) is 14.9. The van der Waals surface area contributed by atoms with E-state index in [0.29, 0.717) is 16.7 Å². The first-order chi connectivity index (χ1) is 13.9. The molecule has 0 saturated heterocycles. The van der Waals surface area contributed by atoms with E-state index in [1.54, 1.807) is 30.5 Å². The number of nitro groups is 1. The van der Waals surface area contributed by atoms with Crippen LogP contribution in [0.2, 0.25) is 5.02 Å². The molecule has 3 aromatic rings. The maximum absolute atomic E-state index is 12.0. The lowest BCUT2D eigenvalue weighted by Crippen LogP contribution is -2.41. The fraction of sp³-hybridized carbons (Fsp3) is 0.105. The number of carbonyl (C=O) groups is 2. The molecule has 3 rings (SSSR count). The van der Waals surface area contributed by atoms with Crippen LogP contribution < -0.4 is 10.9 Å². The van der Waals surface area contributed by atoms with Crippen molar-refractivity contribution in [2.24, 2.45) is 0 Å². The summed E-state index contributed by atoms with van der Waals surface area (Å²) in [5, 5.41) is 11.4. The Balaban J connectivity index is 1.49. The lowest BCUT2D eigenvalue weighted by molar-refractivity contribution is -0.384. The molecule has 9 nitrogen and oxygen atoms in total. The van der Waals surface area contributed by atoms with E-state index in [4.69, 9.17) is 16.0 Å². The summed E-state index contributed by atoms with van der Waals surface area (Å²) < 4.78 is 5.61. The molecule has 148 valence electrons. The van der Waals surface area contributed by atoms with Crippen LogP contribution in [0, 0.1) is 10.1 Å². The highest BCUT2D eigenvalue weighted by atomic mass is 35.5. The van der Waals surface area contributed by atoms with Crippen LogP contribution in [-0.4, -0.2) is 21.7 Å². The van der Waals surface area contributed by atoms with Crippen molar-refractivity contribution < 1.29 is 18.9 Å². The van der Waals surface area contributed by atoms with E-state index in [1.807, 2.05) is 0 Å². The van der Waals surface area contributed by atoms with E-state index in [2.05, 4.69) is 15.8 Å². The highest BCUT2D eigenvalue weighted by Crippen LogP contribution is 2.22. The molecule has 0 radical (unpaired) electrons. The molecule has 0 fully saturated rings. The number of benzene rings is 2. The lowest BCUT2D eigenvalue weighted by atomic mass is 10.2. The number of nitrogens with zero attached hydrogens (tertiary/aromatic N) is 2. The Morgan fingerprint density at radius 1 is 1.14 bits per heavy atom. The number of hydrogen-bond donors (Lipinski definition) is 2. The highest BCUT2D eigenvalue weighted by Gasteiger charge is 2.13. The van der Waals surface area contributed by atoms with Gasteiger partial charge in [0.05, 0.1) is 11.1 Å². The van der Waals surface area contributed by atoms with Gasteiger partial charge in [-0.2, -0.15) is 0 Å². The SMILES string of the molecule is O=C(CCc1ncc(-c2ccc(Cl)cc2)o1)NNC(=O)c1cccc([N+](=O)[O-])c1. The van der Waals surface area contributed by atoms with Crippen molar-refractivity contribution >= 4 is 29.1 Å². The maximum Gasteiger partial charge on any atom is 0.270 e.